The van der Waals surface area contributed by atoms with Crippen molar-refractivity contribution in [2.45, 2.75) is 18.7 Å². The van der Waals surface area contributed by atoms with E-state index in [0.717, 1.165) is 5.56 Å². The van der Waals surface area contributed by atoms with Crippen molar-refractivity contribution < 1.29 is 8.42 Å². The largest absolute Gasteiger partial charge is 0.327 e. The van der Waals surface area contributed by atoms with Crippen LogP contribution in [0.3, 0.4) is 0 Å². The number of aromatic nitrogens is 4. The molecule has 0 saturated carbocycles. The fourth-order valence-electron chi connectivity index (χ4n) is 2.40. The molecule has 0 unspecified atom stereocenters. The Morgan fingerprint density at radius 2 is 1.83 bits per heavy atom. The van der Waals surface area contributed by atoms with Crippen molar-refractivity contribution in [3.63, 3.8) is 0 Å². The van der Waals surface area contributed by atoms with E-state index in [4.69, 9.17) is 0 Å². The minimum Gasteiger partial charge on any atom is -0.327 e. The summed E-state index contributed by atoms with van der Waals surface area (Å²) < 4.78 is 27.5. The van der Waals surface area contributed by atoms with Gasteiger partial charge in [0.25, 0.3) is 15.6 Å². The van der Waals surface area contributed by atoms with Gasteiger partial charge in [0.1, 0.15) is 10.6 Å². The average Bonchev–Trinajstić information content (AvgIpc) is 2.90. The Labute approximate surface area is 138 Å². The fourth-order valence-corrected chi connectivity index (χ4v) is 3.83. The standard InChI is InChI=1S/C15H15N5O3S/c1-9-14(10(2)19-18-9)24(22,23)20-13-7-12(8-17-15(13)21)11-3-5-16-6-4-11/h3-8,20H,1-2H3,(H,17,21)(H,18,19). The first kappa shape index (κ1) is 15.9. The van der Waals surface area contributed by atoms with Gasteiger partial charge in [-0.3, -0.25) is 19.6 Å². The zero-order chi connectivity index (χ0) is 17.3. The van der Waals surface area contributed by atoms with Crippen molar-refractivity contribution in [2.75, 3.05) is 4.72 Å². The molecule has 9 heteroatoms. The van der Waals surface area contributed by atoms with E-state index in [1.165, 1.54) is 12.3 Å². The molecular formula is C15H15N5O3S. The number of hydrogen-bond donors (Lipinski definition) is 3. The lowest BCUT2D eigenvalue weighted by atomic mass is 10.1. The summed E-state index contributed by atoms with van der Waals surface area (Å²) >= 11 is 0. The summed E-state index contributed by atoms with van der Waals surface area (Å²) in [6.45, 7) is 3.18. The first-order valence-electron chi connectivity index (χ1n) is 7.06. The number of aromatic amines is 2. The minimum absolute atomic E-state index is 0.0382. The van der Waals surface area contributed by atoms with Crippen molar-refractivity contribution in [3.05, 3.63) is 58.5 Å². The van der Waals surface area contributed by atoms with Gasteiger partial charge in [-0.1, -0.05) is 0 Å². The number of H-pyrrole nitrogens is 2. The summed E-state index contributed by atoms with van der Waals surface area (Å²) in [7, 11) is -3.93. The highest BCUT2D eigenvalue weighted by atomic mass is 32.2. The normalized spacial score (nSPS) is 11.4. The second kappa shape index (κ2) is 5.93. The van der Waals surface area contributed by atoms with Crippen LogP contribution in [-0.4, -0.2) is 28.6 Å². The summed E-state index contributed by atoms with van der Waals surface area (Å²) in [4.78, 5) is 18.5. The molecule has 0 aliphatic rings. The molecule has 124 valence electrons. The lowest BCUT2D eigenvalue weighted by Gasteiger charge is -2.09. The summed E-state index contributed by atoms with van der Waals surface area (Å²) in [5.41, 5.74) is 1.61. The van der Waals surface area contributed by atoms with Crippen LogP contribution in [0.25, 0.3) is 11.1 Å². The predicted octanol–water partition coefficient (Wildman–Crippen LogP) is 1.58. The first-order valence-corrected chi connectivity index (χ1v) is 8.54. The van der Waals surface area contributed by atoms with Crippen LogP contribution < -0.4 is 10.3 Å². The number of sulfonamides is 1. The Balaban J connectivity index is 2.03. The third-order valence-electron chi connectivity index (χ3n) is 3.49. The van der Waals surface area contributed by atoms with Gasteiger partial charge in [0.2, 0.25) is 0 Å². The predicted molar refractivity (Wildman–Crippen MR) is 89.2 cm³/mol. The molecule has 0 atom stereocenters. The Morgan fingerprint density at radius 3 is 2.46 bits per heavy atom. The number of anilines is 1. The molecule has 0 fully saturated rings. The molecule has 0 aliphatic carbocycles. The number of nitrogens with zero attached hydrogens (tertiary/aromatic N) is 2. The second-order valence-corrected chi connectivity index (χ2v) is 6.85. The van der Waals surface area contributed by atoms with E-state index in [1.807, 2.05) is 0 Å². The lowest BCUT2D eigenvalue weighted by molar-refractivity contribution is 0.600. The maximum absolute atomic E-state index is 12.6. The Hall–Kier alpha value is -2.94. The van der Waals surface area contributed by atoms with Crippen LogP contribution in [-0.2, 0) is 10.0 Å². The van der Waals surface area contributed by atoms with E-state index in [9.17, 15) is 13.2 Å². The molecule has 3 aromatic rings. The molecule has 0 bridgehead atoms. The Kier molecular flexibility index (Phi) is 3.94. The van der Waals surface area contributed by atoms with Crippen molar-refractivity contribution in [1.29, 1.82) is 0 Å². The van der Waals surface area contributed by atoms with E-state index in [-0.39, 0.29) is 10.6 Å². The van der Waals surface area contributed by atoms with Crippen LogP contribution in [0.5, 0.6) is 0 Å². The molecule has 3 N–H and O–H groups in total. The molecule has 0 amide bonds. The smallest absolute Gasteiger partial charge is 0.272 e. The quantitative estimate of drug-likeness (QED) is 0.663. The molecule has 3 heterocycles. The first-order chi connectivity index (χ1) is 11.4. The maximum Gasteiger partial charge on any atom is 0.272 e. The van der Waals surface area contributed by atoms with Crippen LogP contribution in [0.1, 0.15) is 11.4 Å². The van der Waals surface area contributed by atoms with Gasteiger partial charge in [-0.25, -0.2) is 8.42 Å². The van der Waals surface area contributed by atoms with Crippen LogP contribution in [0, 0.1) is 13.8 Å². The van der Waals surface area contributed by atoms with Crippen LogP contribution in [0.4, 0.5) is 5.69 Å². The number of aryl methyl sites for hydroxylation is 2. The van der Waals surface area contributed by atoms with Gasteiger partial charge in [0.05, 0.1) is 11.4 Å². The third kappa shape index (κ3) is 2.93. The third-order valence-corrected chi connectivity index (χ3v) is 5.12. The topological polar surface area (TPSA) is 121 Å². The molecule has 0 spiro atoms. The molecule has 0 radical (unpaired) electrons. The SMILES string of the molecule is Cc1n[nH]c(C)c1S(=O)(=O)Nc1cc(-c2ccncc2)c[nH]c1=O. The molecular weight excluding hydrogens is 330 g/mol. The number of pyridine rings is 2. The minimum atomic E-state index is -3.93. The van der Waals surface area contributed by atoms with Gasteiger partial charge in [0, 0.05) is 24.2 Å². The van der Waals surface area contributed by atoms with Gasteiger partial charge < -0.3 is 4.98 Å². The van der Waals surface area contributed by atoms with Crippen molar-refractivity contribution >= 4 is 15.7 Å². The molecule has 0 aromatic carbocycles. The second-order valence-electron chi connectivity index (χ2n) is 5.24. The van der Waals surface area contributed by atoms with E-state index in [2.05, 4.69) is 24.9 Å². The molecule has 0 aliphatic heterocycles. The average molecular weight is 345 g/mol. The van der Waals surface area contributed by atoms with E-state index in [1.54, 1.807) is 38.4 Å². The number of nitrogens with one attached hydrogen (secondary N) is 3. The lowest BCUT2D eigenvalue weighted by Crippen LogP contribution is -2.21. The maximum atomic E-state index is 12.6. The molecule has 8 nitrogen and oxygen atoms in total. The van der Waals surface area contributed by atoms with Gasteiger partial charge in [-0.05, 0) is 37.6 Å². The molecule has 24 heavy (non-hydrogen) atoms. The monoisotopic (exact) mass is 345 g/mol. The molecule has 3 aromatic heterocycles. The summed E-state index contributed by atoms with van der Waals surface area (Å²) in [5.74, 6) is 0. The van der Waals surface area contributed by atoms with Gasteiger partial charge in [0.15, 0.2) is 0 Å². The van der Waals surface area contributed by atoms with Crippen molar-refractivity contribution in [3.8, 4) is 11.1 Å². The van der Waals surface area contributed by atoms with E-state index in [0.29, 0.717) is 17.0 Å². The summed E-state index contributed by atoms with van der Waals surface area (Å²) in [6, 6.07) is 5.00. The summed E-state index contributed by atoms with van der Waals surface area (Å²) in [6.07, 6.45) is 4.74. The molecule has 3 rings (SSSR count). The van der Waals surface area contributed by atoms with E-state index >= 15 is 0 Å². The zero-order valence-electron chi connectivity index (χ0n) is 13.0. The van der Waals surface area contributed by atoms with Gasteiger partial charge >= 0.3 is 0 Å². The fraction of sp³-hybridized carbons (Fsp3) is 0.133. The van der Waals surface area contributed by atoms with E-state index < -0.39 is 15.6 Å². The number of rotatable bonds is 4. The number of hydrogen-bond acceptors (Lipinski definition) is 5. The highest BCUT2D eigenvalue weighted by molar-refractivity contribution is 7.92. The zero-order valence-corrected chi connectivity index (χ0v) is 13.8. The van der Waals surface area contributed by atoms with Gasteiger partial charge in [-0.2, -0.15) is 5.10 Å². The Bertz CT molecular complexity index is 1020. The summed E-state index contributed by atoms with van der Waals surface area (Å²) in [5, 5.41) is 6.49. The Morgan fingerprint density at radius 1 is 1.12 bits per heavy atom. The van der Waals surface area contributed by atoms with Crippen LogP contribution in [0.2, 0.25) is 0 Å². The molecule has 0 saturated heterocycles. The van der Waals surface area contributed by atoms with Crippen LogP contribution in [0.15, 0.2) is 46.5 Å². The van der Waals surface area contributed by atoms with Crippen molar-refractivity contribution in [1.82, 2.24) is 20.2 Å². The van der Waals surface area contributed by atoms with Gasteiger partial charge in [-0.15, -0.1) is 0 Å². The van der Waals surface area contributed by atoms with Crippen molar-refractivity contribution in [2.24, 2.45) is 0 Å². The highest BCUT2D eigenvalue weighted by Crippen LogP contribution is 2.22. The highest BCUT2D eigenvalue weighted by Gasteiger charge is 2.23. The van der Waals surface area contributed by atoms with Crippen LogP contribution >= 0.6 is 0 Å².